The fourth-order valence-corrected chi connectivity index (χ4v) is 1.33. The number of rotatable bonds is 6. The number of aliphatic hydroxyl groups excluding tert-OH is 2. The highest BCUT2D eigenvalue weighted by Gasteiger charge is 2.19. The predicted molar refractivity (Wildman–Crippen MR) is 65.8 cm³/mol. The standard InChI is InChI=1S/C13H16O6/c1-9(15)8-19-13(17)11-5-3-2-4-10(11)12(16)18-7-6-14/h2-5,9,14-15H,6-8H2,1H3. The minimum atomic E-state index is -0.780. The Hall–Kier alpha value is -1.92. The van der Waals surface area contributed by atoms with E-state index >= 15 is 0 Å². The van der Waals surface area contributed by atoms with Crippen molar-refractivity contribution in [3.63, 3.8) is 0 Å². The fourth-order valence-electron chi connectivity index (χ4n) is 1.33. The first-order valence-electron chi connectivity index (χ1n) is 5.78. The van der Waals surface area contributed by atoms with Crippen molar-refractivity contribution in [2.24, 2.45) is 0 Å². The summed E-state index contributed by atoms with van der Waals surface area (Å²) in [5.74, 6) is -1.42. The molecule has 0 amide bonds. The molecule has 104 valence electrons. The van der Waals surface area contributed by atoms with Crippen LogP contribution in [0.3, 0.4) is 0 Å². The van der Waals surface area contributed by atoms with Crippen LogP contribution in [-0.2, 0) is 9.47 Å². The van der Waals surface area contributed by atoms with Gasteiger partial charge in [-0.2, -0.15) is 0 Å². The highest BCUT2D eigenvalue weighted by molar-refractivity contribution is 6.03. The van der Waals surface area contributed by atoms with Crippen LogP contribution in [0.4, 0.5) is 0 Å². The highest BCUT2D eigenvalue weighted by Crippen LogP contribution is 2.12. The third kappa shape index (κ3) is 4.69. The van der Waals surface area contributed by atoms with Gasteiger partial charge in [0.05, 0.1) is 23.8 Å². The maximum Gasteiger partial charge on any atom is 0.339 e. The monoisotopic (exact) mass is 268 g/mol. The largest absolute Gasteiger partial charge is 0.460 e. The number of carbonyl (C=O) groups is 2. The summed E-state index contributed by atoms with van der Waals surface area (Å²) < 4.78 is 9.59. The lowest BCUT2D eigenvalue weighted by molar-refractivity contribution is 0.0285. The third-order valence-electron chi connectivity index (χ3n) is 2.15. The minimum Gasteiger partial charge on any atom is -0.460 e. The van der Waals surface area contributed by atoms with Gasteiger partial charge >= 0.3 is 11.9 Å². The molecule has 0 bridgehead atoms. The molecule has 1 unspecified atom stereocenters. The number of carbonyl (C=O) groups excluding carboxylic acids is 2. The number of hydrogen-bond donors (Lipinski definition) is 2. The molecule has 0 aromatic heterocycles. The second-order valence-electron chi connectivity index (χ2n) is 3.85. The molecule has 19 heavy (non-hydrogen) atoms. The second kappa shape index (κ2) is 7.50. The minimum absolute atomic E-state index is 0.0612. The maximum atomic E-state index is 11.8. The molecule has 2 N–H and O–H groups in total. The summed E-state index contributed by atoms with van der Waals surface area (Å²) in [4.78, 5) is 23.4. The summed E-state index contributed by atoms with van der Waals surface area (Å²) in [5, 5.41) is 17.6. The number of hydrogen-bond acceptors (Lipinski definition) is 6. The number of aliphatic hydroxyl groups is 2. The van der Waals surface area contributed by atoms with Crippen LogP contribution in [-0.4, -0.2) is 48.1 Å². The molecular formula is C13H16O6. The van der Waals surface area contributed by atoms with Crippen molar-refractivity contribution in [1.29, 1.82) is 0 Å². The smallest absolute Gasteiger partial charge is 0.339 e. The van der Waals surface area contributed by atoms with Gasteiger partial charge in [0, 0.05) is 0 Å². The molecule has 0 saturated heterocycles. The van der Waals surface area contributed by atoms with Crippen molar-refractivity contribution < 1.29 is 29.3 Å². The summed E-state index contributed by atoms with van der Waals surface area (Å²) in [7, 11) is 0. The molecular weight excluding hydrogens is 252 g/mol. The first-order valence-corrected chi connectivity index (χ1v) is 5.78. The van der Waals surface area contributed by atoms with Gasteiger partial charge in [0.2, 0.25) is 0 Å². The number of benzene rings is 1. The summed E-state index contributed by atoms with van der Waals surface area (Å²) in [5.41, 5.74) is 0.123. The predicted octanol–water partition coefficient (Wildman–Crippen LogP) is 0.373. The normalized spacial score (nSPS) is 11.7. The lowest BCUT2D eigenvalue weighted by atomic mass is 10.1. The van der Waals surface area contributed by atoms with E-state index in [0.717, 1.165) is 0 Å². The van der Waals surface area contributed by atoms with E-state index in [2.05, 4.69) is 0 Å². The Morgan fingerprint density at radius 2 is 1.68 bits per heavy atom. The molecule has 6 heteroatoms. The van der Waals surface area contributed by atoms with Crippen LogP contribution in [0, 0.1) is 0 Å². The molecule has 0 heterocycles. The molecule has 0 aliphatic rings. The van der Waals surface area contributed by atoms with Crippen LogP contribution >= 0.6 is 0 Å². The van der Waals surface area contributed by atoms with Crippen molar-refractivity contribution in [1.82, 2.24) is 0 Å². The average Bonchev–Trinajstić information content (AvgIpc) is 2.42. The van der Waals surface area contributed by atoms with E-state index in [1.54, 1.807) is 12.1 Å². The molecule has 0 fully saturated rings. The fraction of sp³-hybridized carbons (Fsp3) is 0.385. The van der Waals surface area contributed by atoms with Crippen molar-refractivity contribution in [2.45, 2.75) is 13.0 Å². The van der Waals surface area contributed by atoms with Crippen LogP contribution in [0.5, 0.6) is 0 Å². The molecule has 1 aromatic rings. The van der Waals surface area contributed by atoms with E-state index in [1.807, 2.05) is 0 Å². The van der Waals surface area contributed by atoms with Crippen molar-refractivity contribution in [2.75, 3.05) is 19.8 Å². The Bertz CT molecular complexity index is 441. The van der Waals surface area contributed by atoms with Gasteiger partial charge in [-0.25, -0.2) is 9.59 Å². The van der Waals surface area contributed by atoms with Gasteiger partial charge in [-0.3, -0.25) is 0 Å². The molecule has 0 radical (unpaired) electrons. The molecule has 6 nitrogen and oxygen atoms in total. The van der Waals surface area contributed by atoms with E-state index in [4.69, 9.17) is 19.7 Å². The Balaban J connectivity index is 2.83. The molecule has 0 saturated carbocycles. The third-order valence-corrected chi connectivity index (χ3v) is 2.15. The van der Waals surface area contributed by atoms with Gasteiger partial charge in [-0.15, -0.1) is 0 Å². The van der Waals surface area contributed by atoms with Gasteiger partial charge in [0.1, 0.15) is 13.2 Å². The van der Waals surface area contributed by atoms with Gasteiger partial charge in [-0.05, 0) is 19.1 Å². The molecule has 1 aromatic carbocycles. The zero-order chi connectivity index (χ0) is 14.3. The second-order valence-corrected chi connectivity index (χ2v) is 3.85. The van der Waals surface area contributed by atoms with Crippen LogP contribution in [0.1, 0.15) is 27.6 Å². The van der Waals surface area contributed by atoms with Crippen molar-refractivity contribution >= 4 is 11.9 Å². The van der Waals surface area contributed by atoms with Crippen LogP contribution in [0.2, 0.25) is 0 Å². The maximum absolute atomic E-state index is 11.8. The van der Waals surface area contributed by atoms with Crippen molar-refractivity contribution in [3.05, 3.63) is 35.4 Å². The van der Waals surface area contributed by atoms with E-state index in [0.29, 0.717) is 0 Å². The Kier molecular flexibility index (Phi) is 5.98. The summed E-state index contributed by atoms with van der Waals surface area (Å²) in [6, 6.07) is 6.03. The van der Waals surface area contributed by atoms with Crippen molar-refractivity contribution in [3.8, 4) is 0 Å². The molecule has 0 spiro atoms. The van der Waals surface area contributed by atoms with E-state index in [9.17, 15) is 9.59 Å². The van der Waals surface area contributed by atoms with Gasteiger partial charge in [0.25, 0.3) is 0 Å². The zero-order valence-electron chi connectivity index (χ0n) is 10.5. The molecule has 0 aliphatic carbocycles. The number of esters is 2. The number of ether oxygens (including phenoxy) is 2. The van der Waals surface area contributed by atoms with E-state index in [-0.39, 0.29) is 30.9 Å². The molecule has 1 rings (SSSR count). The van der Waals surface area contributed by atoms with Crippen LogP contribution in [0.25, 0.3) is 0 Å². The SMILES string of the molecule is CC(O)COC(=O)c1ccccc1C(=O)OCCO. The quantitative estimate of drug-likeness (QED) is 0.724. The average molecular weight is 268 g/mol. The topological polar surface area (TPSA) is 93.1 Å². The van der Waals surface area contributed by atoms with E-state index in [1.165, 1.54) is 19.1 Å². The van der Waals surface area contributed by atoms with Gasteiger partial charge in [0.15, 0.2) is 0 Å². The van der Waals surface area contributed by atoms with Gasteiger partial charge in [-0.1, -0.05) is 12.1 Å². The molecule has 0 aliphatic heterocycles. The lowest BCUT2D eigenvalue weighted by Crippen LogP contribution is -2.19. The molecule has 1 atom stereocenters. The lowest BCUT2D eigenvalue weighted by Gasteiger charge is -2.10. The Labute approximate surface area is 110 Å². The summed E-state index contributed by atoms with van der Waals surface area (Å²) in [6.45, 7) is 0.893. The van der Waals surface area contributed by atoms with E-state index < -0.39 is 18.0 Å². The Morgan fingerprint density at radius 3 is 2.16 bits per heavy atom. The first-order chi connectivity index (χ1) is 9.06. The van der Waals surface area contributed by atoms with Gasteiger partial charge < -0.3 is 19.7 Å². The summed E-state index contributed by atoms with van der Waals surface area (Å²) >= 11 is 0. The summed E-state index contributed by atoms with van der Waals surface area (Å²) in [6.07, 6.45) is -0.780. The first kappa shape index (κ1) is 15.1. The van der Waals surface area contributed by atoms with Crippen LogP contribution in [0.15, 0.2) is 24.3 Å². The van der Waals surface area contributed by atoms with Crippen LogP contribution < -0.4 is 0 Å². The zero-order valence-corrected chi connectivity index (χ0v) is 10.5. The highest BCUT2D eigenvalue weighted by atomic mass is 16.5. The Morgan fingerprint density at radius 1 is 1.16 bits per heavy atom.